The van der Waals surface area contributed by atoms with Gasteiger partial charge in [0.25, 0.3) is 0 Å². The van der Waals surface area contributed by atoms with Gasteiger partial charge in [0.2, 0.25) is 0 Å². The van der Waals surface area contributed by atoms with Crippen molar-refractivity contribution in [2.75, 3.05) is 0 Å². The van der Waals surface area contributed by atoms with Crippen LogP contribution in [0.15, 0.2) is 50.4 Å². The van der Waals surface area contributed by atoms with Crippen LogP contribution in [-0.2, 0) is 4.79 Å². The van der Waals surface area contributed by atoms with Crippen LogP contribution >= 0.6 is 15.9 Å². The van der Waals surface area contributed by atoms with E-state index in [0.29, 0.717) is 18.5 Å². The number of nitrogens with zero attached hydrogens (tertiary/aromatic N) is 2. The lowest BCUT2D eigenvalue weighted by Gasteiger charge is -1.94. The molecule has 0 atom stereocenters. The van der Waals surface area contributed by atoms with E-state index in [9.17, 15) is 9.90 Å². The van der Waals surface area contributed by atoms with E-state index in [0.717, 1.165) is 4.47 Å². The van der Waals surface area contributed by atoms with Gasteiger partial charge in [-0.25, -0.2) is 0 Å². The number of halogens is 1. The largest absolute Gasteiger partial charge is 0.510 e. The second-order valence-electron chi connectivity index (χ2n) is 3.40. The molecule has 0 aliphatic heterocycles. The molecule has 0 heterocycles. The third kappa shape index (κ3) is 2.36. The molecule has 0 bridgehead atoms. The molecule has 0 spiro atoms. The summed E-state index contributed by atoms with van der Waals surface area (Å²) >= 11 is 3.31. The minimum absolute atomic E-state index is 0.0312. The minimum Gasteiger partial charge on any atom is -0.510 e. The Morgan fingerprint density at radius 1 is 1.25 bits per heavy atom. The molecule has 16 heavy (non-hydrogen) atoms. The standard InChI is InChI=1S/C11H9BrN2O2/c12-7-2-1-3-8(6-7)13-14-11-9(15)4-5-10(11)16/h1-3,6,15H,4-5H2. The predicted molar refractivity (Wildman–Crippen MR) is 62.6 cm³/mol. The van der Waals surface area contributed by atoms with Crippen LogP contribution in [0.3, 0.4) is 0 Å². The summed E-state index contributed by atoms with van der Waals surface area (Å²) < 4.78 is 0.889. The quantitative estimate of drug-likeness (QED) is 0.841. The maximum Gasteiger partial charge on any atom is 0.186 e. The molecule has 1 aromatic carbocycles. The zero-order valence-electron chi connectivity index (χ0n) is 8.35. The molecule has 0 saturated heterocycles. The number of hydrogen-bond donors (Lipinski definition) is 1. The number of rotatable bonds is 2. The van der Waals surface area contributed by atoms with Gasteiger partial charge in [-0.05, 0) is 18.2 Å². The predicted octanol–water partition coefficient (Wildman–Crippen LogP) is 3.67. The Bertz CT molecular complexity index is 495. The number of aliphatic hydroxyl groups is 1. The highest BCUT2D eigenvalue weighted by Crippen LogP contribution is 2.24. The molecular weight excluding hydrogens is 272 g/mol. The molecule has 0 radical (unpaired) electrons. The van der Waals surface area contributed by atoms with E-state index < -0.39 is 0 Å². The first kappa shape index (κ1) is 11.0. The van der Waals surface area contributed by atoms with Gasteiger partial charge in [-0.1, -0.05) is 22.0 Å². The highest BCUT2D eigenvalue weighted by atomic mass is 79.9. The van der Waals surface area contributed by atoms with Crippen molar-refractivity contribution in [3.05, 3.63) is 40.2 Å². The molecule has 1 aliphatic carbocycles. The number of benzene rings is 1. The van der Waals surface area contributed by atoms with Crippen molar-refractivity contribution >= 4 is 27.4 Å². The Morgan fingerprint density at radius 2 is 2.06 bits per heavy atom. The third-order valence-corrected chi connectivity index (χ3v) is 2.69. The van der Waals surface area contributed by atoms with Crippen LogP contribution in [0.1, 0.15) is 12.8 Å². The number of azo groups is 1. The summed E-state index contributed by atoms with van der Waals surface area (Å²) in [4.78, 5) is 11.3. The van der Waals surface area contributed by atoms with E-state index in [1.165, 1.54) is 0 Å². The average molecular weight is 281 g/mol. The zero-order chi connectivity index (χ0) is 11.5. The number of hydrogen-bond acceptors (Lipinski definition) is 4. The molecule has 0 fully saturated rings. The fourth-order valence-corrected chi connectivity index (χ4v) is 1.78. The molecule has 82 valence electrons. The van der Waals surface area contributed by atoms with E-state index in [1.807, 2.05) is 12.1 Å². The van der Waals surface area contributed by atoms with Gasteiger partial charge in [-0.2, -0.15) is 5.11 Å². The number of aliphatic hydroxyl groups excluding tert-OH is 1. The van der Waals surface area contributed by atoms with Crippen LogP contribution in [0.4, 0.5) is 5.69 Å². The fourth-order valence-electron chi connectivity index (χ4n) is 1.39. The first-order valence-electron chi connectivity index (χ1n) is 4.79. The normalized spacial score (nSPS) is 16.4. The Morgan fingerprint density at radius 3 is 2.69 bits per heavy atom. The first-order chi connectivity index (χ1) is 7.66. The lowest BCUT2D eigenvalue weighted by atomic mass is 10.3. The summed E-state index contributed by atoms with van der Waals surface area (Å²) in [5.74, 6) is -0.125. The molecule has 0 saturated carbocycles. The molecule has 0 amide bonds. The molecule has 2 rings (SSSR count). The zero-order valence-corrected chi connectivity index (χ0v) is 9.94. The number of Topliss-reactive ketones (excluding diaryl/α,β-unsaturated/α-hetero) is 1. The average Bonchev–Trinajstić information content (AvgIpc) is 2.56. The highest BCUT2D eigenvalue weighted by molar-refractivity contribution is 9.10. The van der Waals surface area contributed by atoms with Crippen LogP contribution in [0.2, 0.25) is 0 Å². The van der Waals surface area contributed by atoms with E-state index >= 15 is 0 Å². The van der Waals surface area contributed by atoms with Crippen LogP contribution < -0.4 is 0 Å². The van der Waals surface area contributed by atoms with Crippen molar-refractivity contribution in [2.24, 2.45) is 10.2 Å². The van der Waals surface area contributed by atoms with Crippen LogP contribution in [0, 0.1) is 0 Å². The van der Waals surface area contributed by atoms with Gasteiger partial charge in [-0.15, -0.1) is 5.11 Å². The number of carbonyl (C=O) groups is 1. The van der Waals surface area contributed by atoms with Gasteiger partial charge in [-0.3, -0.25) is 4.79 Å². The van der Waals surface area contributed by atoms with Crippen LogP contribution in [0.5, 0.6) is 0 Å². The topological polar surface area (TPSA) is 62.0 Å². The first-order valence-corrected chi connectivity index (χ1v) is 5.59. The van der Waals surface area contributed by atoms with E-state index in [1.54, 1.807) is 12.1 Å². The molecule has 1 aromatic rings. The Hall–Kier alpha value is -1.49. The Labute approximate surface area is 101 Å². The second-order valence-corrected chi connectivity index (χ2v) is 4.31. The summed E-state index contributed by atoms with van der Waals surface area (Å²) in [6.07, 6.45) is 0.685. The fraction of sp³-hybridized carbons (Fsp3) is 0.182. The summed E-state index contributed by atoms with van der Waals surface area (Å²) in [5.41, 5.74) is 0.717. The van der Waals surface area contributed by atoms with Crippen molar-refractivity contribution in [3.8, 4) is 0 Å². The molecule has 4 nitrogen and oxygen atoms in total. The number of allylic oxidation sites excluding steroid dienone is 2. The highest BCUT2D eigenvalue weighted by Gasteiger charge is 2.22. The van der Waals surface area contributed by atoms with Crippen molar-refractivity contribution in [3.63, 3.8) is 0 Å². The molecule has 0 unspecified atom stereocenters. The summed E-state index contributed by atoms with van der Waals surface area (Å²) in [7, 11) is 0. The van der Waals surface area contributed by atoms with E-state index in [4.69, 9.17) is 0 Å². The second kappa shape index (κ2) is 4.57. The molecular formula is C11H9BrN2O2. The number of carbonyl (C=O) groups excluding carboxylic acids is 1. The van der Waals surface area contributed by atoms with Crippen LogP contribution in [0.25, 0.3) is 0 Å². The summed E-state index contributed by atoms with van der Waals surface area (Å²) in [6, 6.07) is 7.24. The summed E-state index contributed by atoms with van der Waals surface area (Å²) in [6.45, 7) is 0. The smallest absolute Gasteiger partial charge is 0.186 e. The molecule has 0 aromatic heterocycles. The molecule has 1 aliphatic rings. The van der Waals surface area contributed by atoms with Gasteiger partial charge in [0.05, 0.1) is 5.69 Å². The van der Waals surface area contributed by atoms with Gasteiger partial charge in [0, 0.05) is 17.3 Å². The van der Waals surface area contributed by atoms with Crippen molar-refractivity contribution in [1.82, 2.24) is 0 Å². The van der Waals surface area contributed by atoms with Gasteiger partial charge in [0.15, 0.2) is 11.5 Å². The van der Waals surface area contributed by atoms with Gasteiger partial charge < -0.3 is 5.11 Å². The van der Waals surface area contributed by atoms with Crippen molar-refractivity contribution in [1.29, 1.82) is 0 Å². The van der Waals surface area contributed by atoms with Crippen molar-refractivity contribution in [2.45, 2.75) is 12.8 Å². The van der Waals surface area contributed by atoms with Crippen LogP contribution in [-0.4, -0.2) is 10.9 Å². The van der Waals surface area contributed by atoms with Gasteiger partial charge in [0.1, 0.15) is 5.76 Å². The Kier molecular flexibility index (Phi) is 3.14. The van der Waals surface area contributed by atoms with E-state index in [-0.39, 0.29) is 17.2 Å². The minimum atomic E-state index is -0.156. The Balaban J connectivity index is 2.22. The SMILES string of the molecule is O=C1CCC(O)=C1N=Nc1cccc(Br)c1. The lowest BCUT2D eigenvalue weighted by Crippen LogP contribution is -1.92. The maximum absolute atomic E-state index is 11.3. The third-order valence-electron chi connectivity index (χ3n) is 2.20. The summed E-state index contributed by atoms with van der Waals surface area (Å²) in [5, 5.41) is 17.1. The monoisotopic (exact) mass is 280 g/mol. The molecule has 1 N–H and O–H groups in total. The lowest BCUT2D eigenvalue weighted by molar-refractivity contribution is -0.114. The van der Waals surface area contributed by atoms with Crippen molar-refractivity contribution < 1.29 is 9.90 Å². The molecule has 5 heteroatoms. The number of ketones is 1. The van der Waals surface area contributed by atoms with E-state index in [2.05, 4.69) is 26.2 Å². The van der Waals surface area contributed by atoms with Gasteiger partial charge >= 0.3 is 0 Å². The maximum atomic E-state index is 11.3.